The summed E-state index contributed by atoms with van der Waals surface area (Å²) in [6.07, 6.45) is 11.9. The number of hydrogen-bond donors (Lipinski definition) is 0. The van der Waals surface area contributed by atoms with Crippen molar-refractivity contribution in [2.75, 3.05) is 13.1 Å². The van der Waals surface area contributed by atoms with Crippen molar-refractivity contribution in [2.24, 2.45) is 11.8 Å². The summed E-state index contributed by atoms with van der Waals surface area (Å²) in [6, 6.07) is 0.747. The summed E-state index contributed by atoms with van der Waals surface area (Å²) in [5.74, 6) is 2.27. The third-order valence-corrected chi connectivity index (χ3v) is 4.59. The fraction of sp³-hybridized carbons (Fsp3) is 1.00. The van der Waals surface area contributed by atoms with Gasteiger partial charge in [0.1, 0.15) is 0 Å². The minimum atomic E-state index is 0.747. The second kappa shape index (κ2) is 6.05. The van der Waals surface area contributed by atoms with Gasteiger partial charge >= 0.3 is 0 Å². The summed E-state index contributed by atoms with van der Waals surface area (Å²) in [5.41, 5.74) is 0. The van der Waals surface area contributed by atoms with Gasteiger partial charge < -0.3 is 4.90 Å². The van der Waals surface area contributed by atoms with E-state index in [-0.39, 0.29) is 0 Å². The Morgan fingerprint density at radius 3 is 2.00 bits per heavy atom. The van der Waals surface area contributed by atoms with Gasteiger partial charge in [-0.05, 0) is 58.0 Å². The zero-order valence-corrected chi connectivity index (χ0v) is 11.3. The van der Waals surface area contributed by atoms with Gasteiger partial charge in [0.25, 0.3) is 0 Å². The molecule has 1 heteroatoms. The Morgan fingerprint density at radius 2 is 1.38 bits per heavy atom. The number of nitrogens with zero attached hydrogens (tertiary/aromatic N) is 1. The van der Waals surface area contributed by atoms with Gasteiger partial charge in [0.15, 0.2) is 0 Å². The summed E-state index contributed by atoms with van der Waals surface area (Å²) in [4.78, 5) is 2.69. The van der Waals surface area contributed by atoms with Crippen LogP contribution in [0.25, 0.3) is 0 Å². The maximum absolute atomic E-state index is 2.69. The van der Waals surface area contributed by atoms with Crippen LogP contribution >= 0.6 is 0 Å². The maximum Gasteiger partial charge on any atom is 0.00385 e. The summed E-state index contributed by atoms with van der Waals surface area (Å²) in [5, 5.41) is 0. The molecule has 0 radical (unpaired) electrons. The van der Waals surface area contributed by atoms with E-state index in [1.165, 1.54) is 58.0 Å². The largest absolute Gasteiger partial charge is 0.301 e. The summed E-state index contributed by atoms with van der Waals surface area (Å²) < 4.78 is 0. The van der Waals surface area contributed by atoms with Gasteiger partial charge in [0, 0.05) is 6.04 Å². The Kier molecular flexibility index (Phi) is 4.69. The smallest absolute Gasteiger partial charge is 0.00385 e. The van der Waals surface area contributed by atoms with Gasteiger partial charge in [-0.2, -0.15) is 0 Å². The lowest BCUT2D eigenvalue weighted by Gasteiger charge is -2.26. The van der Waals surface area contributed by atoms with Gasteiger partial charge in [-0.3, -0.25) is 0 Å². The first kappa shape index (κ1) is 12.4. The first-order chi connectivity index (χ1) is 7.77. The van der Waals surface area contributed by atoms with Crippen LogP contribution < -0.4 is 0 Å². The molecule has 0 aromatic rings. The standard InChI is InChI=1S/C15H29N/c1-13(2)16-10-6-3-4-8-14-12-15(14)9-5-7-11-16/h13-15H,3-12H2,1-2H3. The molecule has 1 aliphatic heterocycles. The Bertz CT molecular complexity index is 200. The second-order valence-electron chi connectivity index (χ2n) is 6.23. The second-order valence-corrected chi connectivity index (χ2v) is 6.23. The van der Waals surface area contributed by atoms with Crippen LogP contribution in [0.1, 0.15) is 65.2 Å². The van der Waals surface area contributed by atoms with Gasteiger partial charge in [-0.25, -0.2) is 0 Å². The van der Waals surface area contributed by atoms with Crippen LogP contribution in [-0.2, 0) is 0 Å². The van der Waals surface area contributed by atoms with E-state index < -0.39 is 0 Å². The van der Waals surface area contributed by atoms with E-state index in [1.807, 2.05) is 0 Å². The van der Waals surface area contributed by atoms with E-state index in [0.29, 0.717) is 0 Å². The SMILES string of the molecule is CC(C)N1CCCCCC2CC2CCCC1. The predicted molar refractivity (Wildman–Crippen MR) is 70.6 cm³/mol. The molecule has 1 heterocycles. The molecule has 1 saturated heterocycles. The predicted octanol–water partition coefficient (Wildman–Crippen LogP) is 4.08. The fourth-order valence-electron chi connectivity index (χ4n) is 3.27. The van der Waals surface area contributed by atoms with E-state index >= 15 is 0 Å². The third-order valence-electron chi connectivity index (χ3n) is 4.59. The molecule has 0 amide bonds. The Labute approximate surface area is 102 Å². The summed E-state index contributed by atoms with van der Waals surface area (Å²) in [7, 11) is 0. The molecule has 0 bridgehead atoms. The molecule has 2 unspecified atom stereocenters. The van der Waals surface area contributed by atoms with Crippen LogP contribution in [0.4, 0.5) is 0 Å². The van der Waals surface area contributed by atoms with Crippen molar-refractivity contribution >= 4 is 0 Å². The minimum absolute atomic E-state index is 0.747. The highest BCUT2D eigenvalue weighted by Gasteiger charge is 2.35. The monoisotopic (exact) mass is 223 g/mol. The van der Waals surface area contributed by atoms with Gasteiger partial charge in [-0.15, -0.1) is 0 Å². The lowest BCUT2D eigenvalue weighted by Crippen LogP contribution is -2.32. The highest BCUT2D eigenvalue weighted by Crippen LogP contribution is 2.45. The molecular formula is C15H29N. The molecule has 1 nitrogen and oxygen atoms in total. The Balaban J connectivity index is 1.75. The van der Waals surface area contributed by atoms with Crippen molar-refractivity contribution < 1.29 is 0 Å². The lowest BCUT2D eigenvalue weighted by molar-refractivity contribution is 0.210. The molecule has 2 fully saturated rings. The molecule has 16 heavy (non-hydrogen) atoms. The Morgan fingerprint density at radius 1 is 0.812 bits per heavy atom. The van der Waals surface area contributed by atoms with E-state index in [2.05, 4.69) is 18.7 Å². The molecule has 2 rings (SSSR count). The van der Waals surface area contributed by atoms with Crippen molar-refractivity contribution in [3.8, 4) is 0 Å². The molecule has 0 aromatic carbocycles. The first-order valence-electron chi connectivity index (χ1n) is 7.51. The molecule has 2 aliphatic rings. The van der Waals surface area contributed by atoms with Crippen LogP contribution in [0.2, 0.25) is 0 Å². The van der Waals surface area contributed by atoms with E-state index in [0.717, 1.165) is 17.9 Å². The van der Waals surface area contributed by atoms with Gasteiger partial charge in [0.2, 0.25) is 0 Å². The summed E-state index contributed by atoms with van der Waals surface area (Å²) >= 11 is 0. The number of fused-ring (bicyclic) bond motifs is 1. The highest BCUT2D eigenvalue weighted by atomic mass is 15.1. The van der Waals surface area contributed by atoms with Crippen molar-refractivity contribution in [3.63, 3.8) is 0 Å². The quantitative estimate of drug-likeness (QED) is 0.647. The molecule has 1 saturated carbocycles. The van der Waals surface area contributed by atoms with Crippen LogP contribution in [0.3, 0.4) is 0 Å². The molecule has 0 spiro atoms. The van der Waals surface area contributed by atoms with Crippen LogP contribution in [0, 0.1) is 11.8 Å². The molecule has 0 aromatic heterocycles. The zero-order chi connectivity index (χ0) is 11.4. The molecule has 2 atom stereocenters. The van der Waals surface area contributed by atoms with Crippen molar-refractivity contribution in [2.45, 2.75) is 71.3 Å². The van der Waals surface area contributed by atoms with Crippen molar-refractivity contribution in [3.05, 3.63) is 0 Å². The molecule has 1 aliphatic carbocycles. The molecular weight excluding hydrogens is 194 g/mol. The summed E-state index contributed by atoms with van der Waals surface area (Å²) in [6.45, 7) is 7.38. The van der Waals surface area contributed by atoms with E-state index in [9.17, 15) is 0 Å². The van der Waals surface area contributed by atoms with E-state index in [4.69, 9.17) is 0 Å². The Hall–Kier alpha value is -0.0400. The molecule has 0 N–H and O–H groups in total. The van der Waals surface area contributed by atoms with Crippen molar-refractivity contribution in [1.82, 2.24) is 4.90 Å². The van der Waals surface area contributed by atoms with Crippen LogP contribution in [0.5, 0.6) is 0 Å². The number of rotatable bonds is 1. The average Bonchev–Trinajstić information content (AvgIpc) is 2.96. The number of hydrogen-bond acceptors (Lipinski definition) is 1. The normalized spacial score (nSPS) is 33.9. The zero-order valence-electron chi connectivity index (χ0n) is 11.3. The van der Waals surface area contributed by atoms with Crippen LogP contribution in [0.15, 0.2) is 0 Å². The molecule has 94 valence electrons. The topological polar surface area (TPSA) is 3.24 Å². The van der Waals surface area contributed by atoms with Gasteiger partial charge in [0.05, 0.1) is 0 Å². The van der Waals surface area contributed by atoms with Crippen LogP contribution in [-0.4, -0.2) is 24.0 Å². The van der Waals surface area contributed by atoms with Crippen molar-refractivity contribution in [1.29, 1.82) is 0 Å². The lowest BCUT2D eigenvalue weighted by atomic mass is 10.1. The van der Waals surface area contributed by atoms with Gasteiger partial charge in [-0.1, -0.05) is 32.1 Å². The average molecular weight is 223 g/mol. The van der Waals surface area contributed by atoms with E-state index in [1.54, 1.807) is 6.42 Å². The maximum atomic E-state index is 2.69. The minimum Gasteiger partial charge on any atom is -0.301 e. The first-order valence-corrected chi connectivity index (χ1v) is 7.51. The third kappa shape index (κ3) is 3.76. The highest BCUT2D eigenvalue weighted by molar-refractivity contribution is 4.86. The fourth-order valence-corrected chi connectivity index (χ4v) is 3.27.